The highest BCUT2D eigenvalue weighted by molar-refractivity contribution is 6.23. The first kappa shape index (κ1) is 17.0. The molecule has 0 N–H and O–H groups in total. The van der Waals surface area contributed by atoms with Gasteiger partial charge in [-0.2, -0.15) is 18.4 Å². The fourth-order valence-electron chi connectivity index (χ4n) is 4.73. The highest BCUT2D eigenvalue weighted by Crippen LogP contribution is 2.61. The van der Waals surface area contributed by atoms with Crippen molar-refractivity contribution >= 4 is 17.5 Å². The van der Waals surface area contributed by atoms with E-state index >= 15 is 0 Å². The Kier molecular flexibility index (Phi) is 3.18. The minimum Gasteiger partial charge on any atom is -0.367 e. The summed E-state index contributed by atoms with van der Waals surface area (Å²) in [4.78, 5) is 26.7. The van der Waals surface area contributed by atoms with Crippen molar-refractivity contribution in [1.29, 1.82) is 5.26 Å². The first-order chi connectivity index (χ1) is 12.0. The lowest BCUT2D eigenvalue weighted by molar-refractivity contribution is -0.138. The number of hydrogen-bond donors (Lipinski definition) is 0. The lowest BCUT2D eigenvalue weighted by Gasteiger charge is -2.27. The number of carbonyl (C=O) groups is 2. The molecule has 2 bridgehead atoms. The summed E-state index contributed by atoms with van der Waals surface area (Å²) in [5.41, 5.74) is -3.43. The molecule has 0 aromatic heterocycles. The van der Waals surface area contributed by atoms with Crippen LogP contribution in [0.5, 0.6) is 0 Å². The number of halogens is 3. The average Bonchev–Trinajstić information content (AvgIpc) is 3.10. The van der Waals surface area contributed by atoms with Crippen molar-refractivity contribution in [2.75, 3.05) is 4.90 Å². The summed E-state index contributed by atoms with van der Waals surface area (Å²) < 4.78 is 45.6. The van der Waals surface area contributed by atoms with E-state index in [1.807, 2.05) is 0 Å². The lowest BCUT2D eigenvalue weighted by atomic mass is 9.69. The molecule has 5 nitrogen and oxygen atoms in total. The molecule has 0 spiro atoms. The maximum atomic E-state index is 13.2. The number of imide groups is 1. The van der Waals surface area contributed by atoms with E-state index in [2.05, 4.69) is 0 Å². The Morgan fingerprint density at radius 1 is 1.15 bits per heavy atom. The van der Waals surface area contributed by atoms with E-state index in [-0.39, 0.29) is 5.69 Å². The first-order valence-corrected chi connectivity index (χ1v) is 8.21. The van der Waals surface area contributed by atoms with Gasteiger partial charge in [0.1, 0.15) is 0 Å². The molecule has 2 amide bonds. The van der Waals surface area contributed by atoms with Crippen LogP contribution in [0.2, 0.25) is 0 Å². The number of amides is 2. The van der Waals surface area contributed by atoms with Crippen LogP contribution >= 0.6 is 0 Å². The van der Waals surface area contributed by atoms with E-state index in [0.717, 1.165) is 11.0 Å². The minimum atomic E-state index is -4.76. The topological polar surface area (TPSA) is 70.4 Å². The van der Waals surface area contributed by atoms with Crippen molar-refractivity contribution in [3.63, 3.8) is 0 Å². The Morgan fingerprint density at radius 3 is 2.15 bits per heavy atom. The zero-order valence-electron chi connectivity index (χ0n) is 14.1. The third-order valence-corrected chi connectivity index (χ3v) is 5.89. The number of anilines is 1. The molecule has 26 heavy (non-hydrogen) atoms. The van der Waals surface area contributed by atoms with Crippen LogP contribution in [-0.4, -0.2) is 23.0 Å². The van der Waals surface area contributed by atoms with E-state index in [4.69, 9.17) is 10.00 Å². The number of nitriles is 1. The molecule has 4 unspecified atom stereocenters. The van der Waals surface area contributed by atoms with E-state index in [1.165, 1.54) is 12.1 Å². The quantitative estimate of drug-likeness (QED) is 0.718. The minimum absolute atomic E-state index is 0.160. The van der Waals surface area contributed by atoms with Crippen LogP contribution in [0.3, 0.4) is 0 Å². The molecule has 4 atom stereocenters. The molecule has 3 heterocycles. The Balaban J connectivity index is 1.80. The molecule has 8 heteroatoms. The summed E-state index contributed by atoms with van der Waals surface area (Å²) in [7, 11) is 0. The summed E-state index contributed by atoms with van der Waals surface area (Å²) >= 11 is 0. The highest BCUT2D eigenvalue weighted by Gasteiger charge is 2.72. The standard InChI is InChI=1S/C18H15F3N2O3/c1-16-5-6-17(2,26-16)13-12(16)14(24)23(15(13)25)10-4-3-9(8-22)11(7-10)18(19,20)21/h3-4,7,12-13H,5-6H2,1-2H3. The molecular weight excluding hydrogens is 349 g/mol. The van der Waals surface area contributed by atoms with E-state index in [1.54, 1.807) is 13.8 Å². The molecule has 1 aromatic carbocycles. The molecule has 3 aliphatic rings. The van der Waals surface area contributed by atoms with Crippen molar-refractivity contribution in [2.24, 2.45) is 11.8 Å². The number of nitrogens with zero attached hydrogens (tertiary/aromatic N) is 2. The average molecular weight is 364 g/mol. The van der Waals surface area contributed by atoms with Gasteiger partial charge in [-0.15, -0.1) is 0 Å². The summed E-state index contributed by atoms with van der Waals surface area (Å²) in [6.45, 7) is 3.55. The number of alkyl halides is 3. The van der Waals surface area contributed by atoms with Gasteiger partial charge in [-0.3, -0.25) is 9.59 Å². The second kappa shape index (κ2) is 4.86. The third-order valence-electron chi connectivity index (χ3n) is 5.89. The Labute approximate surface area is 147 Å². The highest BCUT2D eigenvalue weighted by atomic mass is 19.4. The molecule has 3 fully saturated rings. The van der Waals surface area contributed by atoms with Crippen LogP contribution in [0.1, 0.15) is 37.8 Å². The first-order valence-electron chi connectivity index (χ1n) is 8.21. The van der Waals surface area contributed by atoms with E-state index < -0.39 is 52.2 Å². The van der Waals surface area contributed by atoms with Gasteiger partial charge < -0.3 is 4.74 Å². The molecule has 3 saturated heterocycles. The van der Waals surface area contributed by atoms with Crippen LogP contribution < -0.4 is 4.90 Å². The molecule has 0 radical (unpaired) electrons. The fourth-order valence-corrected chi connectivity index (χ4v) is 4.73. The second-order valence-corrected chi connectivity index (χ2v) is 7.53. The van der Waals surface area contributed by atoms with Crippen molar-refractivity contribution in [2.45, 2.75) is 44.1 Å². The number of carbonyl (C=O) groups excluding carboxylic acids is 2. The Bertz CT molecular complexity index is 857. The second-order valence-electron chi connectivity index (χ2n) is 7.53. The fraction of sp³-hybridized carbons (Fsp3) is 0.500. The Hall–Kier alpha value is -2.40. The summed E-state index contributed by atoms with van der Waals surface area (Å²) in [5, 5.41) is 8.90. The molecule has 136 valence electrons. The normalized spacial score (nSPS) is 35.8. The van der Waals surface area contributed by atoms with Gasteiger partial charge in [-0.1, -0.05) is 0 Å². The van der Waals surface area contributed by atoms with Crippen LogP contribution in [0.15, 0.2) is 18.2 Å². The van der Waals surface area contributed by atoms with Gasteiger partial charge in [-0.25, -0.2) is 4.90 Å². The molecule has 3 aliphatic heterocycles. The Morgan fingerprint density at radius 2 is 1.69 bits per heavy atom. The largest absolute Gasteiger partial charge is 0.417 e. The molecule has 4 rings (SSSR count). The van der Waals surface area contributed by atoms with Gasteiger partial charge in [0.2, 0.25) is 11.8 Å². The maximum Gasteiger partial charge on any atom is 0.417 e. The predicted molar refractivity (Wildman–Crippen MR) is 82.8 cm³/mol. The lowest BCUT2D eigenvalue weighted by Crippen LogP contribution is -2.40. The molecular formula is C18H15F3N2O3. The molecule has 0 saturated carbocycles. The smallest absolute Gasteiger partial charge is 0.367 e. The summed E-state index contributed by atoms with van der Waals surface area (Å²) in [6, 6.07) is 4.38. The van der Waals surface area contributed by atoms with Gasteiger partial charge >= 0.3 is 6.18 Å². The number of ether oxygens (including phenoxy) is 1. The monoisotopic (exact) mass is 364 g/mol. The zero-order valence-corrected chi connectivity index (χ0v) is 14.1. The maximum absolute atomic E-state index is 13.2. The number of rotatable bonds is 1. The van der Waals surface area contributed by atoms with Crippen LogP contribution in [0.4, 0.5) is 18.9 Å². The van der Waals surface area contributed by atoms with E-state index in [0.29, 0.717) is 18.9 Å². The van der Waals surface area contributed by atoms with Crippen molar-refractivity contribution in [1.82, 2.24) is 0 Å². The summed E-state index contributed by atoms with van der Waals surface area (Å²) in [5.74, 6) is -2.47. The number of fused-ring (bicyclic) bond motifs is 5. The SMILES string of the molecule is CC12CCC(C)(O1)C1C(=O)N(c3ccc(C#N)c(C(F)(F)F)c3)C(=O)C12. The van der Waals surface area contributed by atoms with Gasteiger partial charge in [0.05, 0.1) is 45.9 Å². The molecule has 1 aromatic rings. The molecule has 0 aliphatic carbocycles. The van der Waals surface area contributed by atoms with Crippen molar-refractivity contribution < 1.29 is 27.5 Å². The summed E-state index contributed by atoms with van der Waals surface area (Å²) in [6.07, 6.45) is -3.51. The van der Waals surface area contributed by atoms with Crippen LogP contribution in [-0.2, 0) is 20.5 Å². The van der Waals surface area contributed by atoms with Gasteiger partial charge in [0.25, 0.3) is 0 Å². The van der Waals surface area contributed by atoms with Crippen molar-refractivity contribution in [3.8, 4) is 6.07 Å². The zero-order chi connectivity index (χ0) is 19.1. The van der Waals surface area contributed by atoms with Crippen molar-refractivity contribution in [3.05, 3.63) is 29.3 Å². The third kappa shape index (κ3) is 2.01. The van der Waals surface area contributed by atoms with Crippen LogP contribution in [0.25, 0.3) is 0 Å². The van der Waals surface area contributed by atoms with E-state index in [9.17, 15) is 22.8 Å². The number of benzene rings is 1. The van der Waals surface area contributed by atoms with Gasteiger partial charge in [-0.05, 0) is 44.9 Å². The predicted octanol–water partition coefficient (Wildman–Crippen LogP) is 3.02. The number of hydrogen-bond acceptors (Lipinski definition) is 4. The van der Waals surface area contributed by atoms with Gasteiger partial charge in [0.15, 0.2) is 0 Å². The van der Waals surface area contributed by atoms with Gasteiger partial charge in [0, 0.05) is 0 Å². The van der Waals surface area contributed by atoms with Crippen LogP contribution in [0, 0.1) is 23.2 Å².